The summed E-state index contributed by atoms with van der Waals surface area (Å²) in [6.07, 6.45) is 8.42. The molecule has 1 aliphatic rings. The average molecular weight is 289 g/mol. The van der Waals surface area contributed by atoms with Crippen LogP contribution in [0.25, 0.3) is 0 Å². The lowest BCUT2D eigenvalue weighted by Gasteiger charge is -2.32. The summed E-state index contributed by atoms with van der Waals surface area (Å²) in [6, 6.07) is 10.5. The van der Waals surface area contributed by atoms with E-state index in [1.54, 1.807) is 0 Å². The highest BCUT2D eigenvalue weighted by Crippen LogP contribution is 2.37. The van der Waals surface area contributed by atoms with E-state index in [-0.39, 0.29) is 5.41 Å². The third-order valence-electron chi connectivity index (χ3n) is 3.55. The second-order valence-electron chi connectivity index (χ2n) is 5.18. The second-order valence-corrected chi connectivity index (χ2v) is 6.34. The zero-order chi connectivity index (χ0) is 13.9. The van der Waals surface area contributed by atoms with Crippen molar-refractivity contribution in [3.8, 4) is 0 Å². The van der Waals surface area contributed by atoms with Gasteiger partial charge in [0, 0.05) is 25.2 Å². The molecule has 1 unspecified atom stereocenters. The standard InChI is InChI=1S/C16H19NS2/c1-17(2)14-8-10-16(11-9-14,15(18)19)12-13-6-4-3-5-7-13/h3-10H,11-12H2,1-2H3,(H,18,19). The fourth-order valence-electron chi connectivity index (χ4n) is 2.32. The maximum atomic E-state index is 5.40. The number of likely N-dealkylation sites (N-methyl/N-ethyl adjacent to an activating group) is 1. The first-order chi connectivity index (χ1) is 9.03. The van der Waals surface area contributed by atoms with Gasteiger partial charge in [0.25, 0.3) is 0 Å². The van der Waals surface area contributed by atoms with E-state index in [9.17, 15) is 0 Å². The zero-order valence-electron chi connectivity index (χ0n) is 11.3. The fourth-order valence-corrected chi connectivity index (χ4v) is 2.79. The molecule has 19 heavy (non-hydrogen) atoms. The van der Waals surface area contributed by atoms with Crippen molar-refractivity contribution >= 4 is 29.0 Å². The monoisotopic (exact) mass is 289 g/mol. The van der Waals surface area contributed by atoms with Gasteiger partial charge in [-0.2, -0.15) is 0 Å². The Kier molecular flexibility index (Phi) is 4.48. The minimum atomic E-state index is -0.140. The first-order valence-electron chi connectivity index (χ1n) is 6.37. The lowest BCUT2D eigenvalue weighted by molar-refractivity contribution is 0.489. The van der Waals surface area contributed by atoms with E-state index in [1.807, 2.05) is 6.07 Å². The van der Waals surface area contributed by atoms with Crippen LogP contribution < -0.4 is 0 Å². The summed E-state index contributed by atoms with van der Waals surface area (Å²) in [7, 11) is 4.11. The molecular formula is C16H19NS2. The number of hydrogen-bond acceptors (Lipinski definition) is 2. The van der Waals surface area contributed by atoms with Crippen LogP contribution in [0.1, 0.15) is 12.0 Å². The van der Waals surface area contributed by atoms with Gasteiger partial charge in [0.15, 0.2) is 0 Å². The van der Waals surface area contributed by atoms with Gasteiger partial charge in [0.2, 0.25) is 0 Å². The molecule has 0 aliphatic heterocycles. The van der Waals surface area contributed by atoms with Crippen molar-refractivity contribution in [2.24, 2.45) is 5.41 Å². The largest absolute Gasteiger partial charge is 0.378 e. The predicted molar refractivity (Wildman–Crippen MR) is 89.7 cm³/mol. The highest BCUT2D eigenvalue weighted by atomic mass is 32.1. The summed E-state index contributed by atoms with van der Waals surface area (Å²) in [5, 5.41) is 0. The highest BCUT2D eigenvalue weighted by Gasteiger charge is 2.31. The number of thiol groups is 1. The van der Waals surface area contributed by atoms with Crippen LogP contribution in [-0.4, -0.2) is 23.2 Å². The molecule has 100 valence electrons. The van der Waals surface area contributed by atoms with Crippen molar-refractivity contribution in [2.45, 2.75) is 12.8 Å². The van der Waals surface area contributed by atoms with Gasteiger partial charge in [-0.1, -0.05) is 54.7 Å². The van der Waals surface area contributed by atoms with Crippen LogP contribution in [0.15, 0.2) is 54.3 Å². The fraction of sp³-hybridized carbons (Fsp3) is 0.312. The van der Waals surface area contributed by atoms with Crippen molar-refractivity contribution in [1.29, 1.82) is 0 Å². The summed E-state index contributed by atoms with van der Waals surface area (Å²) in [5.74, 6) is 0. The number of allylic oxidation sites excluding steroid dienone is 3. The molecule has 1 aliphatic carbocycles. The molecule has 0 heterocycles. The van der Waals surface area contributed by atoms with Crippen LogP contribution in [0, 0.1) is 5.41 Å². The molecule has 0 N–H and O–H groups in total. The SMILES string of the molecule is CN(C)C1=CCC(Cc2ccccc2)(C(=S)S)C=C1. The van der Waals surface area contributed by atoms with Crippen LogP contribution in [0.3, 0.4) is 0 Å². The molecule has 0 amide bonds. The van der Waals surface area contributed by atoms with Crippen LogP contribution in [0.5, 0.6) is 0 Å². The normalized spacial score (nSPS) is 21.9. The highest BCUT2D eigenvalue weighted by molar-refractivity contribution is 8.11. The van der Waals surface area contributed by atoms with Crippen LogP contribution in [-0.2, 0) is 6.42 Å². The van der Waals surface area contributed by atoms with Gasteiger partial charge in [-0.3, -0.25) is 0 Å². The van der Waals surface area contributed by atoms with Gasteiger partial charge in [0.1, 0.15) is 0 Å². The van der Waals surface area contributed by atoms with Gasteiger partial charge in [-0.25, -0.2) is 0 Å². The zero-order valence-corrected chi connectivity index (χ0v) is 13.0. The quantitative estimate of drug-likeness (QED) is 0.662. The van der Waals surface area contributed by atoms with Crippen molar-refractivity contribution in [1.82, 2.24) is 4.90 Å². The lowest BCUT2D eigenvalue weighted by atomic mass is 9.77. The minimum Gasteiger partial charge on any atom is -0.378 e. The lowest BCUT2D eigenvalue weighted by Crippen LogP contribution is -2.29. The van der Waals surface area contributed by atoms with E-state index >= 15 is 0 Å². The van der Waals surface area contributed by atoms with Gasteiger partial charge >= 0.3 is 0 Å². The molecule has 1 atom stereocenters. The Labute approximate surface area is 126 Å². The summed E-state index contributed by atoms with van der Waals surface area (Å²) >= 11 is 9.88. The molecule has 0 saturated carbocycles. The summed E-state index contributed by atoms with van der Waals surface area (Å²) in [6.45, 7) is 0. The molecule has 0 bridgehead atoms. The topological polar surface area (TPSA) is 3.24 Å². The van der Waals surface area contributed by atoms with Gasteiger partial charge in [-0.15, -0.1) is 12.6 Å². The Morgan fingerprint density at radius 1 is 1.32 bits per heavy atom. The summed E-state index contributed by atoms with van der Waals surface area (Å²) in [5.41, 5.74) is 2.39. The third-order valence-corrected chi connectivity index (χ3v) is 4.41. The van der Waals surface area contributed by atoms with E-state index in [1.165, 1.54) is 11.3 Å². The molecule has 0 saturated heterocycles. The smallest absolute Gasteiger partial charge is 0.0554 e. The van der Waals surface area contributed by atoms with Crippen molar-refractivity contribution in [3.63, 3.8) is 0 Å². The maximum Gasteiger partial charge on any atom is 0.0554 e. The first-order valence-corrected chi connectivity index (χ1v) is 7.23. The Morgan fingerprint density at radius 3 is 2.47 bits per heavy atom. The van der Waals surface area contributed by atoms with Gasteiger partial charge < -0.3 is 4.90 Å². The minimum absolute atomic E-state index is 0.140. The molecule has 1 aromatic rings. The Bertz CT molecular complexity index is 517. The molecule has 2 rings (SSSR count). The Balaban J connectivity index is 2.23. The van der Waals surface area contributed by atoms with E-state index in [4.69, 9.17) is 12.2 Å². The molecule has 0 fully saturated rings. The molecule has 0 radical (unpaired) electrons. The van der Waals surface area contributed by atoms with Crippen LogP contribution in [0.2, 0.25) is 0 Å². The van der Waals surface area contributed by atoms with Crippen molar-refractivity contribution in [2.75, 3.05) is 14.1 Å². The summed E-state index contributed by atoms with van der Waals surface area (Å²) < 4.78 is 0.765. The number of nitrogens with zero attached hydrogens (tertiary/aromatic N) is 1. The Morgan fingerprint density at radius 2 is 2.00 bits per heavy atom. The van der Waals surface area contributed by atoms with E-state index < -0.39 is 0 Å². The third kappa shape index (κ3) is 3.28. The molecule has 1 nitrogen and oxygen atoms in total. The number of rotatable bonds is 4. The number of thiocarbonyl (C=S) groups is 1. The van der Waals surface area contributed by atoms with Gasteiger partial charge in [-0.05, 0) is 24.5 Å². The maximum absolute atomic E-state index is 5.40. The molecule has 0 spiro atoms. The van der Waals surface area contributed by atoms with Crippen LogP contribution >= 0.6 is 24.8 Å². The second kappa shape index (κ2) is 5.93. The molecule has 3 heteroatoms. The van der Waals surface area contributed by atoms with E-state index in [0.29, 0.717) is 0 Å². The van der Waals surface area contributed by atoms with Crippen molar-refractivity contribution in [3.05, 3.63) is 59.8 Å². The molecular weight excluding hydrogens is 270 g/mol. The summed E-state index contributed by atoms with van der Waals surface area (Å²) in [4.78, 5) is 2.12. The van der Waals surface area contributed by atoms with Gasteiger partial charge in [0.05, 0.1) is 4.20 Å². The predicted octanol–water partition coefficient (Wildman–Crippen LogP) is 3.88. The van der Waals surface area contributed by atoms with E-state index in [0.717, 1.165) is 17.0 Å². The Hall–Kier alpha value is -1.06. The molecule has 1 aromatic carbocycles. The van der Waals surface area contributed by atoms with Crippen molar-refractivity contribution < 1.29 is 0 Å². The molecule has 0 aromatic heterocycles. The first kappa shape index (κ1) is 14.4. The van der Waals surface area contributed by atoms with E-state index in [2.05, 4.69) is 74.1 Å². The average Bonchev–Trinajstić information content (AvgIpc) is 2.40. The number of hydrogen-bond donors (Lipinski definition) is 1. The number of benzene rings is 1. The van der Waals surface area contributed by atoms with Crippen LogP contribution in [0.4, 0.5) is 0 Å².